The minimum Gasteiger partial charge on any atom is -0.493 e. The predicted octanol–water partition coefficient (Wildman–Crippen LogP) is 5.98. The fourth-order valence-corrected chi connectivity index (χ4v) is 3.91. The zero-order valence-electron chi connectivity index (χ0n) is 14.0. The van der Waals surface area contributed by atoms with Crippen molar-refractivity contribution >= 4 is 49.3 Å². The van der Waals surface area contributed by atoms with Crippen molar-refractivity contribution in [2.45, 2.75) is 19.9 Å². The minimum absolute atomic E-state index is 0.469. The number of ether oxygens (including phenoxy) is 2. The van der Waals surface area contributed by atoms with Crippen LogP contribution in [0.1, 0.15) is 18.9 Å². The third-order valence-electron chi connectivity index (χ3n) is 3.43. The van der Waals surface area contributed by atoms with E-state index < -0.39 is 0 Å². The van der Waals surface area contributed by atoms with Gasteiger partial charge < -0.3 is 9.47 Å². The summed E-state index contributed by atoms with van der Waals surface area (Å²) in [7, 11) is 1.65. The van der Waals surface area contributed by atoms with Gasteiger partial charge in [0, 0.05) is 0 Å². The van der Waals surface area contributed by atoms with E-state index in [1.807, 2.05) is 36.4 Å². The number of azo groups is 1. The largest absolute Gasteiger partial charge is 0.493 e. The molecule has 0 atom stereocenters. The zero-order chi connectivity index (χ0) is 17.6. The Hall–Kier alpha value is -1.74. The Morgan fingerprint density at radius 3 is 2.84 bits per heavy atom. The van der Waals surface area contributed by atoms with Gasteiger partial charge in [0.05, 0.1) is 34.0 Å². The lowest BCUT2D eigenvalue weighted by Crippen LogP contribution is -2.01. The summed E-state index contributed by atoms with van der Waals surface area (Å²) in [6.07, 6.45) is 0.956. The number of thiazole rings is 1. The molecule has 0 unspecified atom stereocenters. The SMILES string of the molecule is CCCOc1c(I)cc(CN=Nc2nc3ccccc3s2)cc1OC. The highest BCUT2D eigenvalue weighted by Gasteiger charge is 2.11. The van der Waals surface area contributed by atoms with Crippen LogP contribution < -0.4 is 9.47 Å². The third-order valence-corrected chi connectivity index (χ3v) is 5.15. The molecule has 1 aromatic heterocycles. The topological polar surface area (TPSA) is 56.1 Å². The highest BCUT2D eigenvalue weighted by molar-refractivity contribution is 14.1. The second-order valence-corrected chi connectivity index (χ2v) is 7.49. The molecule has 0 saturated heterocycles. The number of nitrogens with zero attached hydrogens (tertiary/aromatic N) is 3. The third kappa shape index (κ3) is 4.46. The number of rotatable bonds is 7. The fourth-order valence-electron chi connectivity index (χ4n) is 2.29. The molecule has 7 heteroatoms. The average Bonchev–Trinajstić information content (AvgIpc) is 3.03. The number of hydrogen-bond donors (Lipinski definition) is 0. The molecule has 0 amide bonds. The first kappa shape index (κ1) is 18.1. The molecule has 0 bridgehead atoms. The van der Waals surface area contributed by atoms with E-state index in [1.54, 1.807) is 7.11 Å². The Balaban J connectivity index is 1.74. The van der Waals surface area contributed by atoms with E-state index in [-0.39, 0.29) is 0 Å². The molecule has 1 heterocycles. The van der Waals surface area contributed by atoms with Crippen molar-refractivity contribution in [3.05, 3.63) is 45.5 Å². The summed E-state index contributed by atoms with van der Waals surface area (Å²) in [4.78, 5) is 4.45. The summed E-state index contributed by atoms with van der Waals surface area (Å²) in [6.45, 7) is 3.22. The molecule has 130 valence electrons. The van der Waals surface area contributed by atoms with Gasteiger partial charge in [0.2, 0.25) is 5.13 Å². The van der Waals surface area contributed by atoms with Crippen molar-refractivity contribution in [3.8, 4) is 11.5 Å². The monoisotopic (exact) mass is 467 g/mol. The van der Waals surface area contributed by atoms with E-state index in [1.165, 1.54) is 11.3 Å². The van der Waals surface area contributed by atoms with Gasteiger partial charge in [-0.25, -0.2) is 4.98 Å². The molecule has 3 aromatic rings. The van der Waals surface area contributed by atoms with Crippen LogP contribution in [0.2, 0.25) is 0 Å². The van der Waals surface area contributed by atoms with Gasteiger partial charge in [0.15, 0.2) is 11.5 Å². The molecular formula is C18H18IN3O2S. The fraction of sp³-hybridized carbons (Fsp3) is 0.278. The lowest BCUT2D eigenvalue weighted by molar-refractivity contribution is 0.292. The highest BCUT2D eigenvalue weighted by Crippen LogP contribution is 2.34. The number of halogens is 1. The first-order valence-electron chi connectivity index (χ1n) is 7.93. The Bertz CT molecular complexity index is 862. The van der Waals surface area contributed by atoms with Crippen LogP contribution in [0.5, 0.6) is 11.5 Å². The molecule has 2 aromatic carbocycles. The Morgan fingerprint density at radius 2 is 2.08 bits per heavy atom. The first-order valence-corrected chi connectivity index (χ1v) is 9.83. The molecule has 0 spiro atoms. The number of para-hydroxylation sites is 1. The summed E-state index contributed by atoms with van der Waals surface area (Å²) in [5.41, 5.74) is 1.98. The molecule has 0 radical (unpaired) electrons. The van der Waals surface area contributed by atoms with Crippen LogP contribution in [0.25, 0.3) is 10.2 Å². The lowest BCUT2D eigenvalue weighted by atomic mass is 10.2. The van der Waals surface area contributed by atoms with Crippen LogP contribution in [0, 0.1) is 3.57 Å². The van der Waals surface area contributed by atoms with Gasteiger partial charge in [-0.1, -0.05) is 30.4 Å². The Labute approximate surface area is 164 Å². The molecule has 3 rings (SSSR count). The van der Waals surface area contributed by atoms with E-state index in [0.29, 0.717) is 18.3 Å². The van der Waals surface area contributed by atoms with Gasteiger partial charge in [-0.05, 0) is 58.8 Å². The molecule has 5 nitrogen and oxygen atoms in total. The lowest BCUT2D eigenvalue weighted by Gasteiger charge is -2.13. The zero-order valence-corrected chi connectivity index (χ0v) is 17.0. The normalized spacial score (nSPS) is 11.3. The summed E-state index contributed by atoms with van der Waals surface area (Å²) in [5, 5.41) is 9.21. The number of hydrogen-bond acceptors (Lipinski definition) is 6. The van der Waals surface area contributed by atoms with Gasteiger partial charge in [-0.2, -0.15) is 5.11 Å². The maximum Gasteiger partial charge on any atom is 0.230 e. The molecule has 0 fully saturated rings. The summed E-state index contributed by atoms with van der Waals surface area (Å²) in [5.74, 6) is 1.52. The van der Waals surface area contributed by atoms with Crippen molar-refractivity contribution < 1.29 is 9.47 Å². The second-order valence-electron chi connectivity index (χ2n) is 5.32. The standard InChI is InChI=1S/C18H18IN3O2S/c1-3-8-24-17-13(19)9-12(10-15(17)23-2)11-20-22-18-21-14-6-4-5-7-16(14)25-18/h4-7,9-10H,3,8,11H2,1-2H3. The van der Waals surface area contributed by atoms with Gasteiger partial charge in [0.25, 0.3) is 0 Å². The summed E-state index contributed by atoms with van der Waals surface area (Å²) < 4.78 is 13.4. The molecular weight excluding hydrogens is 449 g/mol. The minimum atomic E-state index is 0.469. The molecule has 0 aliphatic carbocycles. The average molecular weight is 467 g/mol. The molecule has 0 N–H and O–H groups in total. The van der Waals surface area contributed by atoms with Crippen LogP contribution in [0.4, 0.5) is 5.13 Å². The van der Waals surface area contributed by atoms with Crippen molar-refractivity contribution in [1.29, 1.82) is 0 Å². The van der Waals surface area contributed by atoms with Crippen LogP contribution in [0.15, 0.2) is 46.6 Å². The van der Waals surface area contributed by atoms with Crippen LogP contribution in [-0.4, -0.2) is 18.7 Å². The smallest absolute Gasteiger partial charge is 0.230 e. The Kier molecular flexibility index (Phi) is 6.19. The van der Waals surface area contributed by atoms with E-state index in [0.717, 1.165) is 37.3 Å². The van der Waals surface area contributed by atoms with Crippen LogP contribution >= 0.6 is 33.9 Å². The predicted molar refractivity (Wildman–Crippen MR) is 109 cm³/mol. The van der Waals surface area contributed by atoms with E-state index >= 15 is 0 Å². The molecule has 0 saturated carbocycles. The van der Waals surface area contributed by atoms with Crippen LogP contribution in [-0.2, 0) is 6.54 Å². The van der Waals surface area contributed by atoms with Gasteiger partial charge in [-0.15, -0.1) is 5.11 Å². The molecule has 25 heavy (non-hydrogen) atoms. The maximum absolute atomic E-state index is 5.78. The molecule has 0 aliphatic rings. The van der Waals surface area contributed by atoms with Crippen molar-refractivity contribution in [1.82, 2.24) is 4.98 Å². The number of aromatic nitrogens is 1. The van der Waals surface area contributed by atoms with Gasteiger partial charge >= 0.3 is 0 Å². The number of methoxy groups -OCH3 is 1. The molecule has 0 aliphatic heterocycles. The highest BCUT2D eigenvalue weighted by atomic mass is 127. The van der Waals surface area contributed by atoms with Crippen molar-refractivity contribution in [2.24, 2.45) is 10.2 Å². The van der Waals surface area contributed by atoms with E-state index in [2.05, 4.69) is 44.7 Å². The summed E-state index contributed by atoms with van der Waals surface area (Å²) >= 11 is 3.80. The van der Waals surface area contributed by atoms with E-state index in [9.17, 15) is 0 Å². The maximum atomic E-state index is 5.78. The van der Waals surface area contributed by atoms with Gasteiger partial charge in [-0.3, -0.25) is 0 Å². The van der Waals surface area contributed by atoms with Gasteiger partial charge in [0.1, 0.15) is 0 Å². The quantitative estimate of drug-likeness (QED) is 0.317. The first-order chi connectivity index (χ1) is 12.2. The number of fused-ring (bicyclic) bond motifs is 1. The van der Waals surface area contributed by atoms with Crippen molar-refractivity contribution in [2.75, 3.05) is 13.7 Å². The Morgan fingerprint density at radius 1 is 1.24 bits per heavy atom. The summed E-state index contributed by atoms with van der Waals surface area (Å²) in [6, 6.07) is 12.0. The van der Waals surface area contributed by atoms with Crippen molar-refractivity contribution in [3.63, 3.8) is 0 Å². The van der Waals surface area contributed by atoms with Crippen LogP contribution in [0.3, 0.4) is 0 Å². The van der Waals surface area contributed by atoms with E-state index in [4.69, 9.17) is 9.47 Å². The number of benzene rings is 2. The second kappa shape index (κ2) is 8.57.